The zero-order valence-corrected chi connectivity index (χ0v) is 13.1. The van der Waals surface area contributed by atoms with Crippen molar-refractivity contribution in [3.8, 4) is 0 Å². The van der Waals surface area contributed by atoms with E-state index in [2.05, 4.69) is 4.98 Å². The first-order valence-electron chi connectivity index (χ1n) is 6.16. The molecule has 0 bridgehead atoms. The van der Waals surface area contributed by atoms with Gasteiger partial charge < -0.3 is 9.84 Å². The minimum absolute atomic E-state index is 0.00900. The molecule has 2 rings (SSSR count). The third-order valence-electron chi connectivity index (χ3n) is 3.32. The SMILES string of the molecule is Cc1ncc(Cl)cc1S(=O)(=O)N1CCOC(C)(C(=O)O)C1. The monoisotopic (exact) mass is 334 g/mol. The van der Waals surface area contributed by atoms with Crippen molar-refractivity contribution in [2.24, 2.45) is 0 Å². The molecule has 1 unspecified atom stereocenters. The van der Waals surface area contributed by atoms with Gasteiger partial charge in [0.05, 0.1) is 23.9 Å². The molecule has 0 aliphatic carbocycles. The summed E-state index contributed by atoms with van der Waals surface area (Å²) < 4.78 is 31.6. The van der Waals surface area contributed by atoms with Gasteiger partial charge in [-0.15, -0.1) is 0 Å². The number of carboxylic acid groups (broad SMARTS) is 1. The van der Waals surface area contributed by atoms with Crippen molar-refractivity contribution in [1.29, 1.82) is 0 Å². The number of hydrogen-bond donors (Lipinski definition) is 1. The highest BCUT2D eigenvalue weighted by Crippen LogP contribution is 2.26. The van der Waals surface area contributed by atoms with E-state index in [4.69, 9.17) is 16.3 Å². The summed E-state index contributed by atoms with van der Waals surface area (Å²) in [7, 11) is -3.88. The van der Waals surface area contributed by atoms with Crippen molar-refractivity contribution >= 4 is 27.6 Å². The Kier molecular flexibility index (Phi) is 4.25. The van der Waals surface area contributed by atoms with Crippen LogP contribution >= 0.6 is 11.6 Å². The van der Waals surface area contributed by atoms with Crippen molar-refractivity contribution in [2.75, 3.05) is 19.7 Å². The number of rotatable bonds is 3. The van der Waals surface area contributed by atoms with Gasteiger partial charge in [-0.1, -0.05) is 11.6 Å². The van der Waals surface area contributed by atoms with Gasteiger partial charge in [0.2, 0.25) is 10.0 Å². The van der Waals surface area contributed by atoms with Crippen LogP contribution in [0.3, 0.4) is 0 Å². The average Bonchev–Trinajstić information content (AvgIpc) is 2.41. The van der Waals surface area contributed by atoms with Crippen LogP contribution in [0.15, 0.2) is 17.2 Å². The molecule has 116 valence electrons. The first-order chi connectivity index (χ1) is 9.67. The molecule has 0 saturated carbocycles. The topological polar surface area (TPSA) is 96.8 Å². The smallest absolute Gasteiger partial charge is 0.337 e. The Morgan fingerprint density at radius 3 is 2.86 bits per heavy atom. The fourth-order valence-corrected chi connectivity index (χ4v) is 3.99. The van der Waals surface area contributed by atoms with Crippen LogP contribution in [-0.2, 0) is 19.6 Å². The Morgan fingerprint density at radius 2 is 2.24 bits per heavy atom. The number of aromatic nitrogens is 1. The zero-order chi connectivity index (χ0) is 15.8. The van der Waals surface area contributed by atoms with E-state index in [1.54, 1.807) is 6.92 Å². The minimum atomic E-state index is -3.88. The van der Waals surface area contributed by atoms with Crippen LogP contribution in [0, 0.1) is 6.92 Å². The second kappa shape index (κ2) is 5.53. The molecular formula is C12H15ClN2O5S. The summed E-state index contributed by atoms with van der Waals surface area (Å²) in [5, 5.41) is 9.37. The lowest BCUT2D eigenvalue weighted by atomic mass is 10.1. The van der Waals surface area contributed by atoms with Crippen LogP contribution < -0.4 is 0 Å². The number of aliphatic carboxylic acids is 1. The highest BCUT2D eigenvalue weighted by Gasteiger charge is 2.43. The predicted octanol–water partition coefficient (Wildman–Crippen LogP) is 0.908. The zero-order valence-electron chi connectivity index (χ0n) is 11.5. The van der Waals surface area contributed by atoms with Crippen LogP contribution in [0.2, 0.25) is 5.02 Å². The first-order valence-corrected chi connectivity index (χ1v) is 7.98. The molecular weight excluding hydrogens is 320 g/mol. The summed E-state index contributed by atoms with van der Waals surface area (Å²) in [6.07, 6.45) is 1.36. The van der Waals surface area contributed by atoms with Gasteiger partial charge in [0, 0.05) is 12.7 Å². The third-order valence-corrected chi connectivity index (χ3v) is 5.48. The van der Waals surface area contributed by atoms with E-state index >= 15 is 0 Å². The molecule has 1 saturated heterocycles. The number of carbonyl (C=O) groups is 1. The Labute approximate surface area is 127 Å². The standard InChI is InChI=1S/C12H15ClN2O5S/c1-8-10(5-9(13)6-14-8)21(18,19)15-3-4-20-12(2,7-15)11(16)17/h5-6H,3-4,7H2,1-2H3,(H,16,17). The summed E-state index contributed by atoms with van der Waals surface area (Å²) in [4.78, 5) is 15.1. The van der Waals surface area contributed by atoms with Gasteiger partial charge in [-0.3, -0.25) is 4.98 Å². The number of halogens is 1. The summed E-state index contributed by atoms with van der Waals surface area (Å²) in [6.45, 7) is 2.73. The number of morpholine rings is 1. The van der Waals surface area contributed by atoms with Crippen molar-refractivity contribution < 1.29 is 23.1 Å². The summed E-state index contributed by atoms with van der Waals surface area (Å²) in [5.41, 5.74) is -1.26. The first kappa shape index (κ1) is 16.2. The largest absolute Gasteiger partial charge is 0.479 e. The fraction of sp³-hybridized carbons (Fsp3) is 0.500. The number of hydrogen-bond acceptors (Lipinski definition) is 5. The maximum absolute atomic E-state index is 12.6. The van der Waals surface area contributed by atoms with E-state index in [1.165, 1.54) is 19.2 Å². The Bertz CT molecular complexity index is 678. The van der Waals surface area contributed by atoms with E-state index in [0.717, 1.165) is 4.31 Å². The van der Waals surface area contributed by atoms with Gasteiger partial charge in [0.25, 0.3) is 0 Å². The van der Waals surface area contributed by atoms with Crippen molar-refractivity contribution in [3.05, 3.63) is 23.0 Å². The molecule has 2 heterocycles. The molecule has 1 fully saturated rings. The van der Waals surface area contributed by atoms with Gasteiger partial charge in [-0.2, -0.15) is 4.31 Å². The molecule has 9 heteroatoms. The molecule has 0 amide bonds. The summed E-state index contributed by atoms with van der Waals surface area (Å²) in [6, 6.07) is 1.31. The average molecular weight is 335 g/mol. The van der Waals surface area contributed by atoms with Crippen molar-refractivity contribution in [2.45, 2.75) is 24.3 Å². The lowest BCUT2D eigenvalue weighted by molar-refractivity contribution is -0.170. The predicted molar refractivity (Wildman–Crippen MR) is 74.7 cm³/mol. The maximum Gasteiger partial charge on any atom is 0.337 e. The van der Waals surface area contributed by atoms with Crippen LogP contribution in [0.25, 0.3) is 0 Å². The van der Waals surface area contributed by atoms with Gasteiger partial charge in [0.1, 0.15) is 4.90 Å². The molecule has 0 aromatic carbocycles. The Hall–Kier alpha value is -1.22. The van der Waals surface area contributed by atoms with E-state index in [1.807, 2.05) is 0 Å². The quantitative estimate of drug-likeness (QED) is 0.882. The molecule has 1 aliphatic heterocycles. The van der Waals surface area contributed by atoms with Crippen LogP contribution in [-0.4, -0.2) is 54.1 Å². The normalized spacial score (nSPS) is 24.0. The summed E-state index contributed by atoms with van der Waals surface area (Å²) >= 11 is 5.80. The van der Waals surface area contributed by atoms with Gasteiger partial charge in [0.15, 0.2) is 5.60 Å². The fourth-order valence-electron chi connectivity index (χ4n) is 2.06. The third kappa shape index (κ3) is 3.03. The number of aryl methyl sites for hydroxylation is 1. The molecule has 1 aromatic heterocycles. The second-order valence-corrected chi connectivity index (χ2v) is 7.30. The lowest BCUT2D eigenvalue weighted by Gasteiger charge is -2.36. The van der Waals surface area contributed by atoms with E-state index in [9.17, 15) is 18.3 Å². The highest BCUT2D eigenvalue weighted by molar-refractivity contribution is 7.89. The lowest BCUT2D eigenvalue weighted by Crippen LogP contribution is -2.56. The number of nitrogens with zero attached hydrogens (tertiary/aromatic N) is 2. The molecule has 1 N–H and O–H groups in total. The Morgan fingerprint density at radius 1 is 1.57 bits per heavy atom. The number of carboxylic acids is 1. The Balaban J connectivity index is 2.40. The molecule has 1 aromatic rings. The van der Waals surface area contributed by atoms with E-state index in [0.29, 0.717) is 5.69 Å². The van der Waals surface area contributed by atoms with E-state index in [-0.39, 0.29) is 29.6 Å². The summed E-state index contributed by atoms with van der Waals surface area (Å²) in [5.74, 6) is -1.21. The molecule has 1 atom stereocenters. The molecule has 0 radical (unpaired) electrons. The van der Waals surface area contributed by atoms with Gasteiger partial charge in [-0.25, -0.2) is 13.2 Å². The van der Waals surface area contributed by atoms with Crippen LogP contribution in [0.4, 0.5) is 0 Å². The number of ether oxygens (including phenoxy) is 1. The molecule has 7 nitrogen and oxygen atoms in total. The molecule has 21 heavy (non-hydrogen) atoms. The van der Waals surface area contributed by atoms with E-state index < -0.39 is 21.6 Å². The number of sulfonamides is 1. The van der Waals surface area contributed by atoms with Crippen molar-refractivity contribution in [3.63, 3.8) is 0 Å². The molecule has 0 spiro atoms. The molecule has 1 aliphatic rings. The van der Waals surface area contributed by atoms with Crippen LogP contribution in [0.1, 0.15) is 12.6 Å². The maximum atomic E-state index is 12.6. The van der Waals surface area contributed by atoms with Crippen molar-refractivity contribution in [1.82, 2.24) is 9.29 Å². The minimum Gasteiger partial charge on any atom is -0.479 e. The number of pyridine rings is 1. The second-order valence-electron chi connectivity index (χ2n) is 4.96. The van der Waals surface area contributed by atoms with Gasteiger partial charge in [-0.05, 0) is 19.9 Å². The highest BCUT2D eigenvalue weighted by atomic mass is 35.5. The van der Waals surface area contributed by atoms with Crippen LogP contribution in [0.5, 0.6) is 0 Å². The van der Waals surface area contributed by atoms with Gasteiger partial charge >= 0.3 is 5.97 Å².